The SMILES string of the molecule is CCCC(CCO)CNC(=O)CC(CN)OC. The molecule has 5 nitrogen and oxygen atoms in total. The van der Waals surface area contributed by atoms with Crippen LogP contribution in [0.2, 0.25) is 0 Å². The lowest BCUT2D eigenvalue weighted by atomic mass is 10.0. The van der Waals surface area contributed by atoms with Crippen LogP contribution < -0.4 is 11.1 Å². The lowest BCUT2D eigenvalue weighted by Crippen LogP contribution is -2.35. The molecule has 102 valence electrons. The third kappa shape index (κ3) is 8.12. The summed E-state index contributed by atoms with van der Waals surface area (Å²) in [6.45, 7) is 3.23. The van der Waals surface area contributed by atoms with Crippen molar-refractivity contribution in [1.29, 1.82) is 0 Å². The Balaban J connectivity index is 3.86. The molecule has 0 saturated heterocycles. The van der Waals surface area contributed by atoms with Crippen molar-refractivity contribution < 1.29 is 14.6 Å². The average Bonchev–Trinajstić information content (AvgIpc) is 2.33. The Bertz CT molecular complexity index is 190. The second-order valence-electron chi connectivity index (χ2n) is 4.27. The fourth-order valence-corrected chi connectivity index (χ4v) is 1.74. The fraction of sp³-hybridized carbons (Fsp3) is 0.917. The van der Waals surface area contributed by atoms with Gasteiger partial charge < -0.3 is 20.9 Å². The number of aliphatic hydroxyl groups excluding tert-OH is 1. The van der Waals surface area contributed by atoms with E-state index in [1.165, 1.54) is 0 Å². The van der Waals surface area contributed by atoms with E-state index in [0.717, 1.165) is 19.3 Å². The quantitative estimate of drug-likeness (QED) is 0.516. The van der Waals surface area contributed by atoms with Crippen LogP contribution in [0.5, 0.6) is 0 Å². The molecule has 0 radical (unpaired) electrons. The number of nitrogens with two attached hydrogens (primary N) is 1. The van der Waals surface area contributed by atoms with Crippen LogP contribution in [-0.4, -0.2) is 43.9 Å². The molecule has 2 unspecified atom stereocenters. The van der Waals surface area contributed by atoms with Gasteiger partial charge in [-0.25, -0.2) is 0 Å². The van der Waals surface area contributed by atoms with Crippen molar-refractivity contribution in [3.63, 3.8) is 0 Å². The zero-order valence-electron chi connectivity index (χ0n) is 10.9. The minimum Gasteiger partial charge on any atom is -0.396 e. The fourth-order valence-electron chi connectivity index (χ4n) is 1.74. The molecule has 0 aromatic carbocycles. The van der Waals surface area contributed by atoms with Gasteiger partial charge in [-0.1, -0.05) is 13.3 Å². The van der Waals surface area contributed by atoms with Gasteiger partial charge in [0.05, 0.1) is 12.5 Å². The topological polar surface area (TPSA) is 84.6 Å². The van der Waals surface area contributed by atoms with Gasteiger partial charge in [0.1, 0.15) is 0 Å². The highest BCUT2D eigenvalue weighted by Gasteiger charge is 2.13. The van der Waals surface area contributed by atoms with E-state index in [-0.39, 0.29) is 18.6 Å². The highest BCUT2D eigenvalue weighted by atomic mass is 16.5. The smallest absolute Gasteiger partial charge is 0.222 e. The van der Waals surface area contributed by atoms with Gasteiger partial charge in [0.15, 0.2) is 0 Å². The molecular formula is C12H26N2O3. The largest absolute Gasteiger partial charge is 0.396 e. The van der Waals surface area contributed by atoms with E-state index in [4.69, 9.17) is 15.6 Å². The molecular weight excluding hydrogens is 220 g/mol. The minimum atomic E-state index is -0.211. The zero-order valence-corrected chi connectivity index (χ0v) is 10.9. The number of amides is 1. The number of hydrogen-bond donors (Lipinski definition) is 3. The van der Waals surface area contributed by atoms with Gasteiger partial charge in [0, 0.05) is 26.8 Å². The van der Waals surface area contributed by atoms with Crippen LogP contribution >= 0.6 is 0 Å². The maximum absolute atomic E-state index is 11.6. The first-order chi connectivity index (χ1) is 8.17. The van der Waals surface area contributed by atoms with Crippen molar-refractivity contribution in [3.05, 3.63) is 0 Å². The van der Waals surface area contributed by atoms with Crippen LogP contribution in [0.3, 0.4) is 0 Å². The predicted molar refractivity (Wildman–Crippen MR) is 67.6 cm³/mol. The molecule has 17 heavy (non-hydrogen) atoms. The van der Waals surface area contributed by atoms with Crippen molar-refractivity contribution in [2.45, 2.75) is 38.7 Å². The summed E-state index contributed by atoms with van der Waals surface area (Å²) in [6.07, 6.45) is 2.90. The summed E-state index contributed by atoms with van der Waals surface area (Å²) >= 11 is 0. The van der Waals surface area contributed by atoms with Gasteiger partial charge in [0.25, 0.3) is 0 Å². The second kappa shape index (κ2) is 10.5. The second-order valence-corrected chi connectivity index (χ2v) is 4.27. The Labute approximate surface area is 104 Å². The highest BCUT2D eigenvalue weighted by molar-refractivity contribution is 5.76. The monoisotopic (exact) mass is 246 g/mol. The molecule has 0 aromatic rings. The van der Waals surface area contributed by atoms with Crippen molar-refractivity contribution >= 4 is 5.91 Å². The Kier molecular flexibility index (Phi) is 10.1. The van der Waals surface area contributed by atoms with Crippen LogP contribution in [0, 0.1) is 5.92 Å². The first kappa shape index (κ1) is 16.4. The van der Waals surface area contributed by atoms with Gasteiger partial charge in [-0.3, -0.25) is 4.79 Å². The first-order valence-electron chi connectivity index (χ1n) is 6.28. The summed E-state index contributed by atoms with van der Waals surface area (Å²) in [5, 5.41) is 11.8. The molecule has 0 rings (SSSR count). The number of ether oxygens (including phenoxy) is 1. The van der Waals surface area contributed by atoms with Crippen molar-refractivity contribution in [1.82, 2.24) is 5.32 Å². The summed E-state index contributed by atoms with van der Waals surface area (Å²) in [6, 6.07) is 0. The molecule has 0 aliphatic heterocycles. The van der Waals surface area contributed by atoms with Crippen LogP contribution in [0.15, 0.2) is 0 Å². The lowest BCUT2D eigenvalue weighted by molar-refractivity contribution is -0.123. The van der Waals surface area contributed by atoms with E-state index in [1.807, 2.05) is 0 Å². The number of carbonyl (C=O) groups is 1. The first-order valence-corrected chi connectivity index (χ1v) is 6.28. The summed E-state index contributed by atoms with van der Waals surface area (Å²) in [7, 11) is 1.55. The van der Waals surface area contributed by atoms with Crippen LogP contribution in [0.1, 0.15) is 32.6 Å². The highest BCUT2D eigenvalue weighted by Crippen LogP contribution is 2.09. The average molecular weight is 246 g/mol. The Morgan fingerprint density at radius 2 is 2.18 bits per heavy atom. The Hall–Kier alpha value is -0.650. The van der Waals surface area contributed by atoms with Gasteiger partial charge in [0.2, 0.25) is 5.91 Å². The summed E-state index contributed by atoms with van der Waals surface area (Å²) < 4.78 is 5.05. The molecule has 4 N–H and O–H groups in total. The summed E-state index contributed by atoms with van der Waals surface area (Å²) in [5.74, 6) is 0.314. The van der Waals surface area contributed by atoms with Crippen molar-refractivity contribution in [2.24, 2.45) is 11.7 Å². The molecule has 0 spiro atoms. The molecule has 0 aliphatic carbocycles. The molecule has 0 saturated carbocycles. The molecule has 0 bridgehead atoms. The third-order valence-corrected chi connectivity index (χ3v) is 2.83. The molecule has 5 heteroatoms. The molecule has 0 aliphatic rings. The maximum atomic E-state index is 11.6. The van der Waals surface area contributed by atoms with Crippen molar-refractivity contribution in [2.75, 3.05) is 26.8 Å². The molecule has 0 aromatic heterocycles. The minimum absolute atomic E-state index is 0.0404. The van der Waals surface area contributed by atoms with Gasteiger partial charge >= 0.3 is 0 Å². The maximum Gasteiger partial charge on any atom is 0.222 e. The normalized spacial score (nSPS) is 14.4. The Morgan fingerprint density at radius 3 is 2.65 bits per heavy atom. The van der Waals surface area contributed by atoms with E-state index >= 15 is 0 Å². The number of rotatable bonds is 10. The van der Waals surface area contributed by atoms with Crippen LogP contribution in [-0.2, 0) is 9.53 Å². The zero-order chi connectivity index (χ0) is 13.1. The molecule has 0 fully saturated rings. The van der Waals surface area contributed by atoms with Gasteiger partial charge in [-0.05, 0) is 18.8 Å². The number of aliphatic hydroxyl groups is 1. The third-order valence-electron chi connectivity index (χ3n) is 2.83. The molecule has 0 heterocycles. The number of hydrogen-bond acceptors (Lipinski definition) is 4. The van der Waals surface area contributed by atoms with E-state index < -0.39 is 0 Å². The van der Waals surface area contributed by atoms with Crippen molar-refractivity contribution in [3.8, 4) is 0 Å². The number of methoxy groups -OCH3 is 1. The predicted octanol–water partition coefficient (Wildman–Crippen LogP) is 0.265. The van der Waals surface area contributed by atoms with E-state index in [9.17, 15) is 4.79 Å². The Morgan fingerprint density at radius 1 is 1.47 bits per heavy atom. The standard InChI is InChI=1S/C12H26N2O3/c1-3-4-10(5-6-15)9-14-12(16)7-11(8-13)17-2/h10-11,15H,3-9,13H2,1-2H3,(H,14,16). The van der Waals surface area contributed by atoms with Gasteiger partial charge in [-0.15, -0.1) is 0 Å². The van der Waals surface area contributed by atoms with Gasteiger partial charge in [-0.2, -0.15) is 0 Å². The van der Waals surface area contributed by atoms with E-state index in [0.29, 0.717) is 25.4 Å². The van der Waals surface area contributed by atoms with E-state index in [1.54, 1.807) is 7.11 Å². The van der Waals surface area contributed by atoms with Crippen LogP contribution in [0.4, 0.5) is 0 Å². The molecule has 2 atom stereocenters. The molecule has 1 amide bonds. The van der Waals surface area contributed by atoms with E-state index in [2.05, 4.69) is 12.2 Å². The van der Waals surface area contributed by atoms with Crippen LogP contribution in [0.25, 0.3) is 0 Å². The number of carbonyl (C=O) groups excluding carboxylic acids is 1. The lowest BCUT2D eigenvalue weighted by Gasteiger charge is -2.17. The summed E-state index contributed by atoms with van der Waals surface area (Å²) in [5.41, 5.74) is 5.44. The number of nitrogens with one attached hydrogen (secondary N) is 1. The summed E-state index contributed by atoms with van der Waals surface area (Å²) in [4.78, 5) is 11.6.